The molecule has 0 radical (unpaired) electrons. The highest BCUT2D eigenvalue weighted by atomic mass is 35.5. The van der Waals surface area contributed by atoms with Crippen LogP contribution in [0.3, 0.4) is 0 Å². The molecule has 1 fully saturated rings. The molecule has 2 N–H and O–H groups in total. The van der Waals surface area contributed by atoms with E-state index < -0.39 is 0 Å². The summed E-state index contributed by atoms with van der Waals surface area (Å²) in [6.07, 6.45) is 1.11. The van der Waals surface area contributed by atoms with Crippen LogP contribution in [0.25, 0.3) is 0 Å². The van der Waals surface area contributed by atoms with Gasteiger partial charge in [0.25, 0.3) is 0 Å². The van der Waals surface area contributed by atoms with Gasteiger partial charge in [0.15, 0.2) is 0 Å². The average Bonchev–Trinajstić information content (AvgIpc) is 2.64. The number of ether oxygens (including phenoxy) is 1. The third-order valence-corrected chi connectivity index (χ3v) is 3.14. The number of likely N-dealkylation sites (tertiary alicyclic amines) is 1. The van der Waals surface area contributed by atoms with Gasteiger partial charge in [-0.15, -0.1) is 12.4 Å². The number of methoxy groups -OCH3 is 1. The van der Waals surface area contributed by atoms with E-state index in [1.165, 1.54) is 11.1 Å². The van der Waals surface area contributed by atoms with E-state index >= 15 is 0 Å². The fraction of sp³-hybridized carbons (Fsp3) is 0.538. The number of benzene rings is 1. The smallest absolute Gasteiger partial charge is 0.123 e. The van der Waals surface area contributed by atoms with Crippen LogP contribution in [0.2, 0.25) is 0 Å². The SMILES string of the molecule is COc1ccc(C)cc1CN1CC[C@H](N)C1.Cl. The van der Waals surface area contributed by atoms with E-state index in [9.17, 15) is 0 Å². The Morgan fingerprint density at radius 3 is 2.82 bits per heavy atom. The topological polar surface area (TPSA) is 38.5 Å². The summed E-state index contributed by atoms with van der Waals surface area (Å²) in [5, 5.41) is 0. The highest BCUT2D eigenvalue weighted by molar-refractivity contribution is 5.85. The van der Waals surface area contributed by atoms with Crippen molar-refractivity contribution in [2.75, 3.05) is 20.2 Å². The predicted octanol–water partition coefficient (Wildman–Crippen LogP) is 1.96. The van der Waals surface area contributed by atoms with Gasteiger partial charge in [-0.2, -0.15) is 0 Å². The van der Waals surface area contributed by atoms with Gasteiger partial charge in [-0.1, -0.05) is 17.7 Å². The molecule has 96 valence electrons. The normalized spacial score (nSPS) is 20.1. The quantitative estimate of drug-likeness (QED) is 0.899. The van der Waals surface area contributed by atoms with Crippen molar-refractivity contribution >= 4 is 12.4 Å². The maximum atomic E-state index is 5.91. The molecule has 0 unspecified atom stereocenters. The first-order valence-electron chi connectivity index (χ1n) is 5.80. The number of halogens is 1. The molecule has 1 aliphatic heterocycles. The fourth-order valence-electron chi connectivity index (χ4n) is 2.28. The van der Waals surface area contributed by atoms with E-state index in [4.69, 9.17) is 10.5 Å². The summed E-state index contributed by atoms with van der Waals surface area (Å²) < 4.78 is 5.38. The van der Waals surface area contributed by atoms with Crippen LogP contribution < -0.4 is 10.5 Å². The average molecular weight is 257 g/mol. The minimum atomic E-state index is 0. The Labute approximate surface area is 109 Å². The molecule has 17 heavy (non-hydrogen) atoms. The van der Waals surface area contributed by atoms with Gasteiger partial charge in [0, 0.05) is 31.2 Å². The Bertz CT molecular complexity index is 370. The lowest BCUT2D eigenvalue weighted by atomic mass is 10.1. The molecule has 0 bridgehead atoms. The standard InChI is InChI=1S/C13H20N2O.ClH/c1-10-3-4-13(16-2)11(7-10)8-15-6-5-12(14)9-15;/h3-4,7,12H,5-6,8-9,14H2,1-2H3;1H/t12-;/m0./s1. The zero-order valence-electron chi connectivity index (χ0n) is 10.5. The third-order valence-electron chi connectivity index (χ3n) is 3.14. The third kappa shape index (κ3) is 3.60. The Morgan fingerprint density at radius 1 is 1.47 bits per heavy atom. The second-order valence-electron chi connectivity index (χ2n) is 4.60. The van der Waals surface area contributed by atoms with E-state index in [-0.39, 0.29) is 12.4 Å². The summed E-state index contributed by atoms with van der Waals surface area (Å²) >= 11 is 0. The molecule has 0 spiro atoms. The maximum absolute atomic E-state index is 5.91. The van der Waals surface area contributed by atoms with Crippen LogP contribution in [0.5, 0.6) is 5.75 Å². The molecule has 2 rings (SSSR count). The maximum Gasteiger partial charge on any atom is 0.123 e. The monoisotopic (exact) mass is 256 g/mol. The van der Waals surface area contributed by atoms with E-state index in [1.807, 2.05) is 6.07 Å². The van der Waals surface area contributed by atoms with Gasteiger partial charge in [0.2, 0.25) is 0 Å². The van der Waals surface area contributed by atoms with Gasteiger partial charge in [-0.3, -0.25) is 4.90 Å². The van der Waals surface area contributed by atoms with Crippen molar-refractivity contribution in [3.63, 3.8) is 0 Å². The van der Waals surface area contributed by atoms with E-state index in [0.717, 1.165) is 31.8 Å². The molecule has 0 aromatic heterocycles. The minimum Gasteiger partial charge on any atom is -0.496 e. The summed E-state index contributed by atoms with van der Waals surface area (Å²) in [5.41, 5.74) is 8.44. The van der Waals surface area contributed by atoms with Gasteiger partial charge in [-0.05, 0) is 19.4 Å². The predicted molar refractivity (Wildman–Crippen MR) is 72.8 cm³/mol. The highest BCUT2D eigenvalue weighted by Crippen LogP contribution is 2.22. The molecule has 1 saturated heterocycles. The van der Waals surface area contributed by atoms with E-state index in [0.29, 0.717) is 6.04 Å². The molecule has 1 atom stereocenters. The van der Waals surface area contributed by atoms with Gasteiger partial charge in [0.1, 0.15) is 5.75 Å². The van der Waals surface area contributed by atoms with E-state index in [2.05, 4.69) is 24.0 Å². The van der Waals surface area contributed by atoms with Crippen LogP contribution in [0.15, 0.2) is 18.2 Å². The van der Waals surface area contributed by atoms with Crippen LogP contribution >= 0.6 is 12.4 Å². The largest absolute Gasteiger partial charge is 0.496 e. The first-order valence-corrected chi connectivity index (χ1v) is 5.80. The fourth-order valence-corrected chi connectivity index (χ4v) is 2.28. The molecule has 1 aliphatic rings. The molecule has 1 heterocycles. The van der Waals surface area contributed by atoms with Gasteiger partial charge >= 0.3 is 0 Å². The highest BCUT2D eigenvalue weighted by Gasteiger charge is 2.19. The van der Waals surface area contributed by atoms with Crippen molar-refractivity contribution in [3.05, 3.63) is 29.3 Å². The van der Waals surface area contributed by atoms with Gasteiger partial charge < -0.3 is 10.5 Å². The van der Waals surface area contributed by atoms with Crippen LogP contribution in [-0.4, -0.2) is 31.1 Å². The summed E-state index contributed by atoms with van der Waals surface area (Å²) in [6.45, 7) is 5.15. The lowest BCUT2D eigenvalue weighted by Crippen LogP contribution is -2.26. The molecule has 4 heteroatoms. The van der Waals surface area contributed by atoms with Crippen molar-refractivity contribution in [2.24, 2.45) is 5.73 Å². The van der Waals surface area contributed by atoms with Crippen LogP contribution in [0.4, 0.5) is 0 Å². The number of nitrogens with two attached hydrogens (primary N) is 1. The lowest BCUT2D eigenvalue weighted by molar-refractivity contribution is 0.317. The molecule has 0 saturated carbocycles. The Hall–Kier alpha value is -0.770. The molecule has 0 aliphatic carbocycles. The van der Waals surface area contributed by atoms with Crippen molar-refractivity contribution in [1.82, 2.24) is 4.90 Å². The summed E-state index contributed by atoms with van der Waals surface area (Å²) in [5.74, 6) is 0.978. The van der Waals surface area contributed by atoms with Gasteiger partial charge in [-0.25, -0.2) is 0 Å². The van der Waals surface area contributed by atoms with Crippen LogP contribution in [0, 0.1) is 6.92 Å². The van der Waals surface area contributed by atoms with Crippen molar-refractivity contribution in [3.8, 4) is 5.75 Å². The van der Waals surface area contributed by atoms with Crippen molar-refractivity contribution in [2.45, 2.75) is 25.9 Å². The van der Waals surface area contributed by atoms with Gasteiger partial charge in [0.05, 0.1) is 7.11 Å². The lowest BCUT2D eigenvalue weighted by Gasteiger charge is -2.17. The Balaban J connectivity index is 0.00000144. The minimum absolute atomic E-state index is 0. The zero-order chi connectivity index (χ0) is 11.5. The summed E-state index contributed by atoms with van der Waals surface area (Å²) in [6, 6.07) is 6.66. The first-order chi connectivity index (χ1) is 7.69. The summed E-state index contributed by atoms with van der Waals surface area (Å²) in [4.78, 5) is 2.39. The first kappa shape index (κ1) is 14.3. The number of hydrogen-bond donors (Lipinski definition) is 1. The zero-order valence-corrected chi connectivity index (χ0v) is 11.3. The Morgan fingerprint density at radius 2 is 2.24 bits per heavy atom. The molecule has 1 aromatic rings. The van der Waals surface area contributed by atoms with Crippen LogP contribution in [0.1, 0.15) is 17.5 Å². The number of nitrogens with zero attached hydrogens (tertiary/aromatic N) is 1. The second kappa shape index (κ2) is 6.24. The second-order valence-corrected chi connectivity index (χ2v) is 4.60. The molecule has 0 amide bonds. The van der Waals surface area contributed by atoms with Crippen molar-refractivity contribution in [1.29, 1.82) is 0 Å². The number of aryl methyl sites for hydroxylation is 1. The molecular weight excluding hydrogens is 236 g/mol. The molecular formula is C13H21ClN2O. The summed E-state index contributed by atoms with van der Waals surface area (Å²) in [7, 11) is 1.73. The number of hydrogen-bond acceptors (Lipinski definition) is 3. The number of rotatable bonds is 3. The molecule has 3 nitrogen and oxygen atoms in total. The van der Waals surface area contributed by atoms with E-state index in [1.54, 1.807) is 7.11 Å². The van der Waals surface area contributed by atoms with Crippen molar-refractivity contribution < 1.29 is 4.74 Å². The molecule has 1 aromatic carbocycles. The van der Waals surface area contributed by atoms with Crippen LogP contribution in [-0.2, 0) is 6.54 Å². The Kier molecular flexibility index (Phi) is 5.25.